The number of hydrogen-bond donors (Lipinski definition) is 2. The number of nitrogens with one attached hydrogen (secondary N) is 1. The largest absolute Gasteiger partial charge is 0.394 e. The van der Waals surface area contributed by atoms with Gasteiger partial charge >= 0.3 is 6.03 Å². The van der Waals surface area contributed by atoms with Crippen molar-refractivity contribution in [3.05, 3.63) is 39.8 Å². The van der Waals surface area contributed by atoms with E-state index in [2.05, 4.69) is 16.5 Å². The third-order valence-electron chi connectivity index (χ3n) is 4.73. The van der Waals surface area contributed by atoms with E-state index in [4.69, 9.17) is 5.11 Å². The van der Waals surface area contributed by atoms with Gasteiger partial charge in [0.05, 0.1) is 31.4 Å². The van der Waals surface area contributed by atoms with Gasteiger partial charge in [-0.1, -0.05) is 6.07 Å². The van der Waals surface area contributed by atoms with Crippen molar-refractivity contribution in [2.75, 3.05) is 13.7 Å². The summed E-state index contributed by atoms with van der Waals surface area (Å²) in [5.41, 5.74) is 2.22. The van der Waals surface area contributed by atoms with Crippen LogP contribution in [-0.4, -0.2) is 39.5 Å². The van der Waals surface area contributed by atoms with Gasteiger partial charge in [-0.25, -0.2) is 4.79 Å². The minimum atomic E-state index is -0.0661. The number of carbonyl (C=O) groups excluding carboxylic acids is 1. The average molecular weight is 348 g/mol. The molecule has 1 aliphatic rings. The molecular weight excluding hydrogens is 324 g/mol. The lowest BCUT2D eigenvalue weighted by Gasteiger charge is -2.29. The molecular formula is C17H24N4O2S. The molecule has 3 rings (SSSR count). The minimum Gasteiger partial charge on any atom is -0.394 e. The van der Waals surface area contributed by atoms with E-state index in [1.807, 2.05) is 36.3 Å². The molecule has 0 aliphatic heterocycles. The van der Waals surface area contributed by atoms with Crippen molar-refractivity contribution in [3.8, 4) is 0 Å². The number of rotatable bonds is 5. The first-order valence-electron chi connectivity index (χ1n) is 8.34. The summed E-state index contributed by atoms with van der Waals surface area (Å²) >= 11 is 1.66. The van der Waals surface area contributed by atoms with Crippen LogP contribution in [0.4, 0.5) is 4.79 Å². The fraction of sp³-hybridized carbons (Fsp3) is 0.529. The predicted octanol–water partition coefficient (Wildman–Crippen LogP) is 2.72. The lowest BCUT2D eigenvalue weighted by atomic mass is 9.93. The highest BCUT2D eigenvalue weighted by atomic mass is 32.1. The van der Waals surface area contributed by atoms with Crippen LogP contribution >= 0.6 is 11.3 Å². The van der Waals surface area contributed by atoms with Gasteiger partial charge in [0.1, 0.15) is 0 Å². The maximum Gasteiger partial charge on any atom is 0.318 e. The average Bonchev–Trinajstić information content (AvgIpc) is 3.24. The van der Waals surface area contributed by atoms with Gasteiger partial charge in [0.25, 0.3) is 0 Å². The summed E-state index contributed by atoms with van der Waals surface area (Å²) in [5.74, 6) is 0. The molecule has 2 N–H and O–H groups in total. The predicted molar refractivity (Wildman–Crippen MR) is 94.0 cm³/mol. The van der Waals surface area contributed by atoms with E-state index in [0.29, 0.717) is 6.54 Å². The second-order valence-corrected chi connectivity index (χ2v) is 7.17. The molecule has 2 unspecified atom stereocenters. The molecule has 0 bridgehead atoms. The van der Waals surface area contributed by atoms with Gasteiger partial charge in [-0.2, -0.15) is 5.10 Å². The Morgan fingerprint density at radius 1 is 1.62 bits per heavy atom. The molecule has 130 valence electrons. The molecule has 0 saturated heterocycles. The second kappa shape index (κ2) is 7.36. The zero-order valence-corrected chi connectivity index (χ0v) is 14.9. The first-order chi connectivity index (χ1) is 11.6. The highest BCUT2D eigenvalue weighted by molar-refractivity contribution is 7.10. The molecule has 2 heterocycles. The normalized spacial score (nSPS) is 18.0. The third-order valence-corrected chi connectivity index (χ3v) is 5.77. The molecule has 0 radical (unpaired) electrons. The van der Waals surface area contributed by atoms with Crippen molar-refractivity contribution < 1.29 is 9.90 Å². The van der Waals surface area contributed by atoms with Gasteiger partial charge in [-0.05, 0) is 37.6 Å². The first kappa shape index (κ1) is 17.0. The number of aromatic nitrogens is 2. The Balaban J connectivity index is 1.69. The van der Waals surface area contributed by atoms with Crippen LogP contribution in [-0.2, 0) is 13.0 Å². The lowest BCUT2D eigenvalue weighted by Crippen LogP contribution is -2.41. The number of amides is 2. The van der Waals surface area contributed by atoms with Crippen LogP contribution in [0.25, 0.3) is 0 Å². The van der Waals surface area contributed by atoms with Crippen LogP contribution < -0.4 is 5.32 Å². The quantitative estimate of drug-likeness (QED) is 0.873. The highest BCUT2D eigenvalue weighted by Crippen LogP contribution is 2.30. The molecule has 7 heteroatoms. The van der Waals surface area contributed by atoms with E-state index in [9.17, 15) is 4.79 Å². The molecule has 0 spiro atoms. The van der Waals surface area contributed by atoms with Crippen LogP contribution in [0.15, 0.2) is 23.7 Å². The summed E-state index contributed by atoms with van der Waals surface area (Å²) in [6.45, 7) is 2.62. The Kier molecular flexibility index (Phi) is 5.20. The van der Waals surface area contributed by atoms with Gasteiger partial charge < -0.3 is 15.3 Å². The number of nitrogens with zero attached hydrogens (tertiary/aromatic N) is 3. The third kappa shape index (κ3) is 3.32. The van der Waals surface area contributed by atoms with Crippen LogP contribution in [0.3, 0.4) is 0 Å². The Morgan fingerprint density at radius 3 is 3.17 bits per heavy atom. The summed E-state index contributed by atoms with van der Waals surface area (Å²) in [7, 11) is 1.83. The molecule has 2 aromatic heterocycles. The fourth-order valence-electron chi connectivity index (χ4n) is 3.20. The van der Waals surface area contributed by atoms with Crippen molar-refractivity contribution in [2.24, 2.45) is 0 Å². The van der Waals surface area contributed by atoms with Crippen LogP contribution in [0.2, 0.25) is 0 Å². The molecule has 0 aromatic carbocycles. The van der Waals surface area contributed by atoms with E-state index in [1.54, 1.807) is 16.2 Å². The topological polar surface area (TPSA) is 70.4 Å². The molecule has 2 amide bonds. The van der Waals surface area contributed by atoms with E-state index < -0.39 is 0 Å². The van der Waals surface area contributed by atoms with Gasteiger partial charge in [-0.3, -0.25) is 4.68 Å². The molecule has 0 saturated carbocycles. The van der Waals surface area contributed by atoms with E-state index in [0.717, 1.165) is 30.5 Å². The second-order valence-electron chi connectivity index (χ2n) is 6.19. The van der Waals surface area contributed by atoms with E-state index in [1.165, 1.54) is 4.88 Å². The van der Waals surface area contributed by atoms with Crippen molar-refractivity contribution in [3.63, 3.8) is 0 Å². The van der Waals surface area contributed by atoms with Crippen molar-refractivity contribution >= 4 is 17.4 Å². The van der Waals surface area contributed by atoms with E-state index in [-0.39, 0.29) is 24.7 Å². The van der Waals surface area contributed by atoms with Crippen molar-refractivity contribution in [1.29, 1.82) is 0 Å². The molecule has 24 heavy (non-hydrogen) atoms. The zero-order chi connectivity index (χ0) is 17.1. The van der Waals surface area contributed by atoms with Crippen molar-refractivity contribution in [1.82, 2.24) is 20.0 Å². The summed E-state index contributed by atoms with van der Waals surface area (Å²) in [6, 6.07) is 4.03. The highest BCUT2D eigenvalue weighted by Gasteiger charge is 2.27. The molecule has 6 nitrogen and oxygen atoms in total. The van der Waals surface area contributed by atoms with Crippen LogP contribution in [0.5, 0.6) is 0 Å². The summed E-state index contributed by atoms with van der Waals surface area (Å²) < 4.78 is 1.85. The standard InChI is InChI=1S/C17H24N4O2S/c1-12(16-7-4-10-24-16)20(2)17(23)19-14-5-3-6-15-13(14)11-18-21(15)8-9-22/h4,7,10-12,14,22H,3,5-6,8-9H2,1-2H3,(H,19,23). The lowest BCUT2D eigenvalue weighted by molar-refractivity contribution is 0.189. The van der Waals surface area contributed by atoms with Crippen molar-refractivity contribution in [2.45, 2.75) is 44.8 Å². The van der Waals surface area contributed by atoms with Gasteiger partial charge in [0.2, 0.25) is 0 Å². The van der Waals surface area contributed by atoms with Crippen LogP contribution in [0, 0.1) is 0 Å². The van der Waals surface area contributed by atoms with Crippen LogP contribution in [0.1, 0.15) is 48.0 Å². The zero-order valence-electron chi connectivity index (χ0n) is 14.1. The molecule has 0 fully saturated rings. The number of carbonyl (C=O) groups is 1. The Hall–Kier alpha value is -1.86. The Morgan fingerprint density at radius 2 is 2.46 bits per heavy atom. The summed E-state index contributed by atoms with van der Waals surface area (Å²) in [6.07, 6.45) is 4.71. The first-order valence-corrected chi connectivity index (χ1v) is 9.22. The summed E-state index contributed by atoms with van der Waals surface area (Å²) in [5, 5.41) is 18.7. The Labute approximate surface area is 146 Å². The smallest absolute Gasteiger partial charge is 0.318 e. The number of hydrogen-bond acceptors (Lipinski definition) is 4. The molecule has 1 aliphatic carbocycles. The number of thiophene rings is 1. The van der Waals surface area contributed by atoms with Gasteiger partial charge in [-0.15, -0.1) is 11.3 Å². The number of fused-ring (bicyclic) bond motifs is 1. The Bertz CT molecular complexity index is 683. The minimum absolute atomic E-state index is 0.00771. The number of aliphatic hydroxyl groups is 1. The molecule has 2 aromatic rings. The van der Waals surface area contributed by atoms with Gasteiger partial charge in [0.15, 0.2) is 0 Å². The fourth-order valence-corrected chi connectivity index (χ4v) is 4.03. The number of urea groups is 1. The molecule has 2 atom stereocenters. The SMILES string of the molecule is CC(c1cccs1)N(C)C(=O)NC1CCCc2c1cnn2CCO. The van der Waals surface area contributed by atoms with Gasteiger partial charge in [0, 0.05) is 23.2 Å². The van der Waals surface area contributed by atoms with E-state index >= 15 is 0 Å². The summed E-state index contributed by atoms with van der Waals surface area (Å²) in [4.78, 5) is 15.6. The maximum atomic E-state index is 12.6. The maximum absolute atomic E-state index is 12.6. The number of aliphatic hydroxyl groups excluding tert-OH is 1. The monoisotopic (exact) mass is 348 g/mol.